The summed E-state index contributed by atoms with van der Waals surface area (Å²) < 4.78 is 0. The van der Waals surface area contributed by atoms with Crippen molar-refractivity contribution in [2.45, 2.75) is 107 Å². The Kier molecular flexibility index (Phi) is 12.7. The number of benzene rings is 10. The van der Waals surface area contributed by atoms with Gasteiger partial charge in [0.15, 0.2) is 0 Å². The van der Waals surface area contributed by atoms with Crippen molar-refractivity contribution in [3.8, 4) is 22.3 Å². The van der Waals surface area contributed by atoms with Gasteiger partial charge < -0.3 is 9.80 Å². The van der Waals surface area contributed by atoms with Gasteiger partial charge in [-0.15, -0.1) is 0 Å². The summed E-state index contributed by atoms with van der Waals surface area (Å²) in [6.07, 6.45) is 0. The normalized spacial score (nSPS) is 12.3. The average Bonchev–Trinajstić information content (AvgIpc) is 3.35. The lowest BCUT2D eigenvalue weighted by molar-refractivity contribution is 0.875. The van der Waals surface area contributed by atoms with Crippen LogP contribution in [0, 0.1) is 27.7 Å². The molecular formula is C68H72N2Si2. The van der Waals surface area contributed by atoms with Gasteiger partial charge in [0, 0.05) is 22.1 Å². The van der Waals surface area contributed by atoms with Crippen LogP contribution >= 0.6 is 0 Å². The third kappa shape index (κ3) is 8.56. The smallest absolute Gasteiger partial charge is 0.0775 e. The van der Waals surface area contributed by atoms with Gasteiger partial charge in [-0.25, -0.2) is 0 Å². The molecule has 4 heteroatoms. The van der Waals surface area contributed by atoms with Crippen molar-refractivity contribution in [2.75, 3.05) is 9.80 Å². The first-order valence-corrected chi connectivity index (χ1v) is 33.2. The summed E-state index contributed by atoms with van der Waals surface area (Å²) in [5.41, 5.74) is 20.0. The quantitative estimate of drug-likeness (QED) is 0.0889. The highest BCUT2D eigenvalue weighted by Gasteiger charge is 2.29. The molecule has 0 radical (unpaired) electrons. The summed E-state index contributed by atoms with van der Waals surface area (Å²) in [7, 11) is -3.15. The Labute approximate surface area is 432 Å². The molecule has 0 fully saturated rings. The minimum Gasteiger partial charge on any atom is -0.309 e. The van der Waals surface area contributed by atoms with Crippen LogP contribution in [0.4, 0.5) is 34.1 Å². The highest BCUT2D eigenvalue weighted by Crippen LogP contribution is 2.53. The lowest BCUT2D eigenvalue weighted by atomic mass is 9.83. The van der Waals surface area contributed by atoms with Crippen LogP contribution in [-0.4, -0.2) is 16.1 Å². The fraction of sp³-hybridized carbons (Fsp3) is 0.235. The van der Waals surface area contributed by atoms with Crippen LogP contribution < -0.4 is 20.2 Å². The standard InChI is InChI=1S/C68H72N2Si2/c1-43(2)61-41-63(69(51-27-31-53(32-28-51)71(9,10)11)67-45(5)25-35-55(47(67)7)49-21-17-15-18-22-49)59-40-38-58-62(44(3)4)42-64(60-39-37-57(61)65(59)66(58)60)70(52-29-33-54(34-30-52)72(12,13)14)68-46(6)26-36-56(48(68)8)50-23-19-16-20-24-50/h15-44H,1-14H3. The van der Waals surface area contributed by atoms with Crippen molar-refractivity contribution in [1.29, 1.82) is 0 Å². The van der Waals surface area contributed by atoms with E-state index in [-0.39, 0.29) is 11.8 Å². The lowest BCUT2D eigenvalue weighted by Crippen LogP contribution is -2.37. The van der Waals surface area contributed by atoms with Crippen LogP contribution in [0.25, 0.3) is 54.6 Å². The molecule has 0 heterocycles. The van der Waals surface area contributed by atoms with E-state index in [0.717, 1.165) is 0 Å². The summed E-state index contributed by atoms with van der Waals surface area (Å²) in [6, 6.07) is 65.2. The molecule has 0 saturated carbocycles. The minimum atomic E-state index is -1.58. The van der Waals surface area contributed by atoms with Gasteiger partial charge in [-0.2, -0.15) is 0 Å². The van der Waals surface area contributed by atoms with Gasteiger partial charge in [0.1, 0.15) is 0 Å². The highest BCUT2D eigenvalue weighted by atomic mass is 28.3. The molecule has 72 heavy (non-hydrogen) atoms. The van der Waals surface area contributed by atoms with E-state index in [0.29, 0.717) is 0 Å². The molecular weight excluding hydrogens is 901 g/mol. The third-order valence-electron chi connectivity index (χ3n) is 15.5. The number of anilines is 6. The molecule has 0 aliphatic heterocycles. The maximum atomic E-state index is 2.61. The first-order valence-electron chi connectivity index (χ1n) is 26.2. The van der Waals surface area contributed by atoms with Gasteiger partial charge in [0.25, 0.3) is 0 Å². The Bertz CT molecular complexity index is 3370. The number of rotatable bonds is 12. The molecule has 362 valence electrons. The van der Waals surface area contributed by atoms with E-state index in [9.17, 15) is 0 Å². The van der Waals surface area contributed by atoms with Crippen LogP contribution in [0.15, 0.2) is 170 Å². The number of hydrogen-bond acceptors (Lipinski definition) is 2. The van der Waals surface area contributed by atoms with Crippen LogP contribution in [0.1, 0.15) is 72.9 Å². The fourth-order valence-electron chi connectivity index (χ4n) is 11.6. The Morgan fingerprint density at radius 2 is 0.694 bits per heavy atom. The van der Waals surface area contributed by atoms with E-state index < -0.39 is 16.1 Å². The van der Waals surface area contributed by atoms with Gasteiger partial charge in [-0.1, -0.05) is 211 Å². The Balaban J connectivity index is 1.33. The van der Waals surface area contributed by atoms with E-state index >= 15 is 0 Å². The zero-order valence-electron chi connectivity index (χ0n) is 45.2. The summed E-state index contributed by atoms with van der Waals surface area (Å²) >= 11 is 0. The van der Waals surface area contributed by atoms with E-state index in [1.807, 2.05) is 0 Å². The van der Waals surface area contributed by atoms with Crippen LogP contribution in [0.3, 0.4) is 0 Å². The molecule has 2 nitrogen and oxygen atoms in total. The van der Waals surface area contributed by atoms with Crippen molar-refractivity contribution >= 4 is 93.0 Å². The van der Waals surface area contributed by atoms with E-state index in [1.54, 1.807) is 0 Å². The predicted molar refractivity (Wildman–Crippen MR) is 323 cm³/mol. The lowest BCUT2D eigenvalue weighted by Gasteiger charge is -2.34. The fourth-order valence-corrected chi connectivity index (χ4v) is 13.9. The van der Waals surface area contributed by atoms with Crippen LogP contribution in [0.5, 0.6) is 0 Å². The van der Waals surface area contributed by atoms with Crippen molar-refractivity contribution in [3.05, 3.63) is 203 Å². The van der Waals surface area contributed by atoms with Gasteiger partial charge in [-0.05, 0) is 153 Å². The summed E-state index contributed by atoms with van der Waals surface area (Å²) in [5.74, 6) is 0.553. The molecule has 0 bridgehead atoms. The maximum absolute atomic E-state index is 2.61. The summed E-state index contributed by atoms with van der Waals surface area (Å²) in [5, 5.41) is 10.8. The summed E-state index contributed by atoms with van der Waals surface area (Å²) in [4.78, 5) is 5.22. The number of hydrogen-bond donors (Lipinski definition) is 0. The molecule has 10 rings (SSSR count). The molecule has 10 aromatic rings. The zero-order valence-corrected chi connectivity index (χ0v) is 47.2. The molecule has 0 aliphatic carbocycles. The van der Waals surface area contributed by atoms with Crippen molar-refractivity contribution in [1.82, 2.24) is 0 Å². The Morgan fingerprint density at radius 3 is 1.01 bits per heavy atom. The van der Waals surface area contributed by atoms with Gasteiger partial charge >= 0.3 is 0 Å². The molecule has 0 aliphatic rings. The largest absolute Gasteiger partial charge is 0.309 e. The first-order chi connectivity index (χ1) is 34.3. The molecule has 10 aromatic carbocycles. The van der Waals surface area contributed by atoms with Gasteiger partial charge in [-0.3, -0.25) is 0 Å². The molecule has 0 N–H and O–H groups in total. The highest BCUT2D eigenvalue weighted by molar-refractivity contribution is 6.89. The van der Waals surface area contributed by atoms with Crippen LogP contribution in [0.2, 0.25) is 39.3 Å². The van der Waals surface area contributed by atoms with Crippen molar-refractivity contribution in [2.24, 2.45) is 0 Å². The maximum Gasteiger partial charge on any atom is 0.0775 e. The van der Waals surface area contributed by atoms with Crippen LogP contribution in [-0.2, 0) is 0 Å². The molecule has 0 amide bonds. The van der Waals surface area contributed by atoms with Gasteiger partial charge in [0.05, 0.1) is 38.9 Å². The molecule has 0 unspecified atom stereocenters. The van der Waals surface area contributed by atoms with E-state index in [4.69, 9.17) is 0 Å². The topological polar surface area (TPSA) is 6.48 Å². The Morgan fingerprint density at radius 1 is 0.361 bits per heavy atom. The molecule has 0 atom stereocenters. The average molecular weight is 974 g/mol. The second kappa shape index (κ2) is 18.7. The zero-order chi connectivity index (χ0) is 51.0. The van der Waals surface area contributed by atoms with E-state index in [2.05, 4.69) is 274 Å². The predicted octanol–water partition coefficient (Wildman–Crippen LogP) is 19.4. The molecule has 0 saturated heterocycles. The van der Waals surface area contributed by atoms with Gasteiger partial charge in [0.2, 0.25) is 0 Å². The first kappa shape index (κ1) is 48.9. The monoisotopic (exact) mass is 973 g/mol. The second-order valence-corrected chi connectivity index (χ2v) is 33.3. The third-order valence-corrected chi connectivity index (χ3v) is 19.6. The summed E-state index contributed by atoms with van der Waals surface area (Å²) in [6.45, 7) is 33.4. The van der Waals surface area contributed by atoms with E-state index in [1.165, 1.54) is 132 Å². The molecule has 0 spiro atoms. The molecule has 0 aromatic heterocycles. The second-order valence-electron chi connectivity index (χ2n) is 23.2. The number of nitrogens with zero attached hydrogens (tertiary/aromatic N) is 2. The minimum absolute atomic E-state index is 0.277. The Hall–Kier alpha value is -6.73. The van der Waals surface area contributed by atoms with Crippen molar-refractivity contribution < 1.29 is 0 Å². The number of aryl methyl sites for hydroxylation is 2. The van der Waals surface area contributed by atoms with Crippen molar-refractivity contribution in [3.63, 3.8) is 0 Å². The SMILES string of the molecule is Cc1ccc(-c2ccccc2)c(C)c1N(c1ccc([Si](C)(C)C)cc1)c1cc(C(C)C)c2ccc3c(N(c4ccc([Si](C)(C)C)cc4)c4c(C)ccc(-c5ccccc5)c4C)cc(C(C)C)c4ccc1c2c43.